The lowest BCUT2D eigenvalue weighted by Gasteiger charge is -2.17. The highest BCUT2D eigenvalue weighted by atomic mass is 35.5. The van der Waals surface area contributed by atoms with Crippen molar-refractivity contribution in [3.8, 4) is 0 Å². The Kier molecular flexibility index (Phi) is 3.56. The molecule has 0 aliphatic heterocycles. The van der Waals surface area contributed by atoms with Crippen LogP contribution in [0.15, 0.2) is 23.1 Å². The van der Waals surface area contributed by atoms with E-state index < -0.39 is 0 Å². The smallest absolute Gasteiger partial charge is 0.0431 e. The fourth-order valence-corrected chi connectivity index (χ4v) is 2.68. The van der Waals surface area contributed by atoms with Crippen LogP contribution < -0.4 is 0 Å². The first-order valence-electron chi connectivity index (χ1n) is 4.02. The Morgan fingerprint density at radius 3 is 1.85 bits per heavy atom. The molecule has 13 heavy (non-hydrogen) atoms. The average molecular weight is 235 g/mol. The Bertz CT molecular complexity index is 282. The maximum atomic E-state index is 5.88. The Labute approximate surface area is 93.6 Å². The molecule has 3 heteroatoms. The molecule has 1 aromatic rings. The molecular weight excluding hydrogens is 223 g/mol. The van der Waals surface area contributed by atoms with Crippen LogP contribution >= 0.6 is 35.0 Å². The zero-order valence-electron chi connectivity index (χ0n) is 7.90. The number of halogens is 2. The van der Waals surface area contributed by atoms with E-state index in [1.54, 1.807) is 17.8 Å². The van der Waals surface area contributed by atoms with Crippen molar-refractivity contribution < 1.29 is 0 Å². The molecule has 0 aliphatic rings. The molecule has 0 saturated heterocycles. The lowest BCUT2D eigenvalue weighted by molar-refractivity contribution is 0.803. The zero-order chi connectivity index (χ0) is 10.1. The van der Waals surface area contributed by atoms with E-state index in [4.69, 9.17) is 23.2 Å². The largest absolute Gasteiger partial charge is 0.120 e. The van der Waals surface area contributed by atoms with Crippen LogP contribution in [0, 0.1) is 0 Å². The van der Waals surface area contributed by atoms with Gasteiger partial charge in [-0.25, -0.2) is 0 Å². The van der Waals surface area contributed by atoms with Crippen molar-refractivity contribution >= 4 is 35.0 Å². The monoisotopic (exact) mass is 234 g/mol. The lowest BCUT2D eigenvalue weighted by Crippen LogP contribution is -2.06. The summed E-state index contributed by atoms with van der Waals surface area (Å²) in [7, 11) is 0. The first kappa shape index (κ1) is 11.2. The van der Waals surface area contributed by atoms with Crippen LogP contribution in [0.4, 0.5) is 0 Å². The van der Waals surface area contributed by atoms with E-state index in [1.807, 2.05) is 12.1 Å². The molecular formula is C10H12Cl2S. The molecule has 0 bridgehead atoms. The van der Waals surface area contributed by atoms with Gasteiger partial charge in [0.1, 0.15) is 0 Å². The van der Waals surface area contributed by atoms with Crippen molar-refractivity contribution in [1.29, 1.82) is 0 Å². The maximum Gasteiger partial charge on any atom is 0.0431 e. The predicted octanol–water partition coefficient (Wildman–Crippen LogP) is 4.88. The third kappa shape index (κ3) is 4.26. The topological polar surface area (TPSA) is 0 Å². The minimum absolute atomic E-state index is 0.189. The fourth-order valence-electron chi connectivity index (χ4n) is 0.941. The van der Waals surface area contributed by atoms with E-state index in [2.05, 4.69) is 20.8 Å². The second kappa shape index (κ2) is 4.12. The highest BCUT2D eigenvalue weighted by molar-refractivity contribution is 8.00. The summed E-state index contributed by atoms with van der Waals surface area (Å²) in [6.07, 6.45) is 0. The second-order valence-electron chi connectivity index (χ2n) is 3.82. The fraction of sp³-hybridized carbons (Fsp3) is 0.400. The summed E-state index contributed by atoms with van der Waals surface area (Å²) in [6, 6.07) is 5.61. The molecule has 0 heterocycles. The van der Waals surface area contributed by atoms with Crippen molar-refractivity contribution in [2.45, 2.75) is 30.4 Å². The van der Waals surface area contributed by atoms with E-state index in [0.717, 1.165) is 4.90 Å². The second-order valence-corrected chi connectivity index (χ2v) is 6.59. The molecule has 0 aliphatic carbocycles. The van der Waals surface area contributed by atoms with Gasteiger partial charge in [0.15, 0.2) is 0 Å². The van der Waals surface area contributed by atoms with E-state index >= 15 is 0 Å². The number of benzene rings is 1. The third-order valence-electron chi connectivity index (χ3n) is 1.26. The summed E-state index contributed by atoms with van der Waals surface area (Å²) in [5.74, 6) is 0. The SMILES string of the molecule is CC(C)(C)Sc1cc(Cl)cc(Cl)c1. The molecule has 0 saturated carbocycles. The van der Waals surface area contributed by atoms with E-state index in [-0.39, 0.29) is 4.75 Å². The molecule has 0 atom stereocenters. The van der Waals surface area contributed by atoms with Crippen LogP contribution in [-0.2, 0) is 0 Å². The number of hydrogen-bond donors (Lipinski definition) is 0. The molecule has 0 spiro atoms. The molecule has 1 aromatic carbocycles. The standard InChI is InChI=1S/C10H12Cl2S/c1-10(2,3)13-9-5-7(11)4-8(12)6-9/h4-6H,1-3H3. The Hall–Kier alpha value is 0.150. The van der Waals surface area contributed by atoms with Crippen LogP contribution in [-0.4, -0.2) is 4.75 Å². The highest BCUT2D eigenvalue weighted by Gasteiger charge is 2.12. The summed E-state index contributed by atoms with van der Waals surface area (Å²) in [4.78, 5) is 1.12. The van der Waals surface area contributed by atoms with Crippen LogP contribution in [0.3, 0.4) is 0 Å². The molecule has 0 fully saturated rings. The predicted molar refractivity (Wildman–Crippen MR) is 62.1 cm³/mol. The molecule has 0 nitrogen and oxygen atoms in total. The van der Waals surface area contributed by atoms with E-state index in [9.17, 15) is 0 Å². The molecule has 0 N–H and O–H groups in total. The quantitative estimate of drug-likeness (QED) is 0.625. The van der Waals surface area contributed by atoms with Gasteiger partial charge in [0.25, 0.3) is 0 Å². The zero-order valence-corrected chi connectivity index (χ0v) is 10.2. The summed E-state index contributed by atoms with van der Waals surface area (Å²) in [5, 5.41) is 1.39. The molecule has 0 unspecified atom stereocenters. The van der Waals surface area contributed by atoms with Gasteiger partial charge < -0.3 is 0 Å². The van der Waals surface area contributed by atoms with Gasteiger partial charge >= 0.3 is 0 Å². The van der Waals surface area contributed by atoms with Gasteiger partial charge in [0, 0.05) is 19.7 Å². The van der Waals surface area contributed by atoms with Gasteiger partial charge in [-0.1, -0.05) is 44.0 Å². The van der Waals surface area contributed by atoms with Gasteiger partial charge in [-0.05, 0) is 18.2 Å². The summed E-state index contributed by atoms with van der Waals surface area (Å²) in [5.41, 5.74) is 0. The minimum Gasteiger partial charge on any atom is -0.120 e. The first-order valence-corrected chi connectivity index (χ1v) is 5.59. The summed E-state index contributed by atoms with van der Waals surface area (Å²) >= 11 is 13.5. The Balaban J connectivity index is 2.90. The van der Waals surface area contributed by atoms with Gasteiger partial charge in [-0.3, -0.25) is 0 Å². The highest BCUT2D eigenvalue weighted by Crippen LogP contribution is 2.34. The minimum atomic E-state index is 0.189. The summed E-state index contributed by atoms with van der Waals surface area (Å²) < 4.78 is 0.189. The van der Waals surface area contributed by atoms with Crippen molar-refractivity contribution in [3.63, 3.8) is 0 Å². The van der Waals surface area contributed by atoms with E-state index in [1.165, 1.54) is 0 Å². The molecule has 0 aromatic heterocycles. The third-order valence-corrected chi connectivity index (χ3v) is 2.78. The van der Waals surface area contributed by atoms with Crippen LogP contribution in [0.2, 0.25) is 10.0 Å². The number of thioether (sulfide) groups is 1. The lowest BCUT2D eigenvalue weighted by atomic mass is 10.3. The van der Waals surface area contributed by atoms with Crippen LogP contribution in [0.1, 0.15) is 20.8 Å². The van der Waals surface area contributed by atoms with Gasteiger partial charge in [0.05, 0.1) is 0 Å². The Morgan fingerprint density at radius 2 is 1.46 bits per heavy atom. The molecule has 72 valence electrons. The van der Waals surface area contributed by atoms with Crippen molar-refractivity contribution in [1.82, 2.24) is 0 Å². The van der Waals surface area contributed by atoms with Crippen molar-refractivity contribution in [2.75, 3.05) is 0 Å². The normalized spacial score (nSPS) is 11.8. The van der Waals surface area contributed by atoms with Gasteiger partial charge in [-0.15, -0.1) is 11.8 Å². The van der Waals surface area contributed by atoms with Crippen molar-refractivity contribution in [3.05, 3.63) is 28.2 Å². The summed E-state index contributed by atoms with van der Waals surface area (Å²) in [6.45, 7) is 6.48. The first-order chi connectivity index (χ1) is 5.87. The number of rotatable bonds is 1. The maximum absolute atomic E-state index is 5.88. The average Bonchev–Trinajstić information content (AvgIpc) is 1.78. The molecule has 0 radical (unpaired) electrons. The molecule has 0 amide bonds. The number of hydrogen-bond acceptors (Lipinski definition) is 1. The van der Waals surface area contributed by atoms with Gasteiger partial charge in [-0.2, -0.15) is 0 Å². The van der Waals surface area contributed by atoms with Crippen molar-refractivity contribution in [2.24, 2.45) is 0 Å². The van der Waals surface area contributed by atoms with Gasteiger partial charge in [0.2, 0.25) is 0 Å². The Morgan fingerprint density at radius 1 is 1.00 bits per heavy atom. The van der Waals surface area contributed by atoms with Crippen LogP contribution in [0.5, 0.6) is 0 Å². The van der Waals surface area contributed by atoms with Crippen LogP contribution in [0.25, 0.3) is 0 Å². The molecule has 1 rings (SSSR count). The van der Waals surface area contributed by atoms with E-state index in [0.29, 0.717) is 10.0 Å².